The first kappa shape index (κ1) is 33.6. The normalized spacial score (nSPS) is 11.8. The number of amides is 1. The summed E-state index contributed by atoms with van der Waals surface area (Å²) in [5.41, 5.74) is -0.125. The summed E-state index contributed by atoms with van der Waals surface area (Å²) in [5, 5.41) is 25.6. The number of carbonyl (C=O) groups excluding carboxylic acids is 2. The number of benzene rings is 3. The van der Waals surface area contributed by atoms with Crippen LogP contribution in [0.25, 0.3) is 0 Å². The molecule has 0 fully saturated rings. The maximum absolute atomic E-state index is 12.9. The molecule has 1 amide bonds. The van der Waals surface area contributed by atoms with Gasteiger partial charge in [0.2, 0.25) is 0 Å². The number of hydrogen-bond acceptors (Lipinski definition) is 10. The highest BCUT2D eigenvalue weighted by Gasteiger charge is 2.41. The Morgan fingerprint density at radius 1 is 0.932 bits per heavy atom. The molecule has 0 saturated carbocycles. The molecule has 0 aliphatic carbocycles. The van der Waals surface area contributed by atoms with Crippen LogP contribution in [0.5, 0.6) is 11.5 Å². The van der Waals surface area contributed by atoms with Gasteiger partial charge in [0.25, 0.3) is 11.4 Å². The van der Waals surface area contributed by atoms with Crippen molar-refractivity contribution in [3.8, 4) is 11.5 Å². The zero-order chi connectivity index (χ0) is 32.6. The van der Waals surface area contributed by atoms with Crippen molar-refractivity contribution in [2.45, 2.75) is 41.8 Å². The molecular weight excluding hydrogens is 611 g/mol. The second-order valence-electron chi connectivity index (χ2n) is 9.06. The molecule has 0 bridgehead atoms. The molecule has 0 saturated heterocycles. The molecule has 0 aliphatic heterocycles. The highest BCUT2D eigenvalue weighted by atomic mass is 32.2. The molecule has 12 nitrogen and oxygen atoms in total. The van der Waals surface area contributed by atoms with Crippen LogP contribution in [0.4, 0.5) is 24.5 Å². The predicted octanol–water partition coefficient (Wildman–Crippen LogP) is 5.41. The molecule has 0 heterocycles. The van der Waals surface area contributed by atoms with Crippen molar-refractivity contribution in [2.75, 3.05) is 20.8 Å². The zero-order valence-electron chi connectivity index (χ0n) is 23.5. The number of alkyl halides is 3. The van der Waals surface area contributed by atoms with Gasteiger partial charge in [0.05, 0.1) is 30.7 Å². The second kappa shape index (κ2) is 14.5. The summed E-state index contributed by atoms with van der Waals surface area (Å²) in [4.78, 5) is 46.2. The van der Waals surface area contributed by atoms with Crippen molar-refractivity contribution in [2.24, 2.45) is 0 Å². The maximum Gasteiger partial charge on any atom is 0.471 e. The Bertz CT molecular complexity index is 1510. The zero-order valence-corrected chi connectivity index (χ0v) is 24.3. The Morgan fingerprint density at radius 3 is 2.05 bits per heavy atom. The Morgan fingerprint density at radius 2 is 1.55 bits per heavy atom. The van der Waals surface area contributed by atoms with Gasteiger partial charge in [-0.2, -0.15) is 13.2 Å². The molecule has 1 atom stereocenters. The van der Waals surface area contributed by atoms with Gasteiger partial charge in [-0.25, -0.2) is 4.79 Å². The van der Waals surface area contributed by atoms with E-state index >= 15 is 0 Å². The van der Waals surface area contributed by atoms with Crippen LogP contribution in [0, 0.1) is 20.2 Å². The van der Waals surface area contributed by atoms with Gasteiger partial charge < -0.3 is 19.5 Å². The molecule has 234 valence electrons. The number of rotatable bonds is 13. The van der Waals surface area contributed by atoms with Gasteiger partial charge >= 0.3 is 18.1 Å². The number of methoxy groups -OCH3 is 2. The average molecular weight is 638 g/mol. The first-order valence-corrected chi connectivity index (χ1v) is 13.6. The molecular formula is C28H26F3N3O9S. The summed E-state index contributed by atoms with van der Waals surface area (Å²) >= 11 is 0.735. The van der Waals surface area contributed by atoms with Crippen molar-refractivity contribution in [3.05, 3.63) is 91.5 Å². The number of ether oxygens (including phenoxy) is 3. The fraction of sp³-hybridized carbons (Fsp3) is 0.286. The van der Waals surface area contributed by atoms with Gasteiger partial charge in [-0.3, -0.25) is 25.0 Å². The average Bonchev–Trinajstić information content (AvgIpc) is 2.97. The maximum atomic E-state index is 12.9. The highest BCUT2D eigenvalue weighted by Crippen LogP contribution is 2.43. The topological polar surface area (TPSA) is 160 Å². The van der Waals surface area contributed by atoms with Crippen LogP contribution in [0.1, 0.15) is 23.6 Å². The lowest BCUT2D eigenvalue weighted by Crippen LogP contribution is -2.48. The van der Waals surface area contributed by atoms with Crippen LogP contribution in [0.15, 0.2) is 64.4 Å². The quantitative estimate of drug-likeness (QED) is 0.146. The minimum absolute atomic E-state index is 0.241. The van der Waals surface area contributed by atoms with Crippen LogP contribution in [0.3, 0.4) is 0 Å². The number of nitro benzene ring substituents is 2. The van der Waals surface area contributed by atoms with Crippen LogP contribution in [0.2, 0.25) is 0 Å². The van der Waals surface area contributed by atoms with Crippen molar-refractivity contribution in [1.82, 2.24) is 5.32 Å². The number of halogens is 3. The summed E-state index contributed by atoms with van der Waals surface area (Å²) in [6, 6.07) is 12.0. The minimum Gasteiger partial charge on any atom is -0.497 e. The molecule has 0 unspecified atom stereocenters. The number of hydrogen-bond donors (Lipinski definition) is 1. The molecule has 44 heavy (non-hydrogen) atoms. The third-order valence-electron chi connectivity index (χ3n) is 6.10. The van der Waals surface area contributed by atoms with Gasteiger partial charge in [-0.1, -0.05) is 23.9 Å². The van der Waals surface area contributed by atoms with E-state index in [1.54, 1.807) is 30.3 Å². The van der Waals surface area contributed by atoms with Gasteiger partial charge in [0, 0.05) is 29.9 Å². The minimum atomic E-state index is -5.34. The number of nitrogens with one attached hydrogen (secondary N) is 1. The third-order valence-corrected chi connectivity index (χ3v) is 7.21. The summed E-state index contributed by atoms with van der Waals surface area (Å²) in [5.74, 6) is -2.53. The number of carbonyl (C=O) groups is 2. The molecule has 0 aromatic heterocycles. The Hall–Kier alpha value is -4.86. The smallest absolute Gasteiger partial charge is 0.471 e. The highest BCUT2D eigenvalue weighted by molar-refractivity contribution is 7.99. The lowest BCUT2D eigenvalue weighted by atomic mass is 10.0. The SMILES string of the molecule is CCOC(=O)[C@H](Cc1cc([N+](=O)[O-])c(Sc2ccc(OC)c(Cc3ccc(OC)cc3)c2)c([N+](=O)[O-])c1)NC(=O)C(F)(F)F. The van der Waals surface area contributed by atoms with Gasteiger partial charge in [0.1, 0.15) is 17.5 Å². The fourth-order valence-electron chi connectivity index (χ4n) is 4.10. The van der Waals surface area contributed by atoms with E-state index in [1.807, 2.05) is 12.1 Å². The van der Waals surface area contributed by atoms with Crippen molar-refractivity contribution in [3.63, 3.8) is 0 Å². The van der Waals surface area contributed by atoms with Crippen LogP contribution in [-0.2, 0) is 27.2 Å². The Balaban J connectivity index is 2.02. The van der Waals surface area contributed by atoms with Crippen LogP contribution in [-0.4, -0.2) is 54.8 Å². The van der Waals surface area contributed by atoms with Gasteiger partial charge in [-0.15, -0.1) is 0 Å². The molecule has 0 radical (unpaired) electrons. The van der Waals surface area contributed by atoms with E-state index in [0.717, 1.165) is 29.5 Å². The molecule has 3 aromatic rings. The third kappa shape index (κ3) is 8.59. The van der Waals surface area contributed by atoms with Crippen LogP contribution < -0.4 is 14.8 Å². The lowest BCUT2D eigenvalue weighted by molar-refractivity contribution is -0.399. The van der Waals surface area contributed by atoms with E-state index in [-0.39, 0.29) is 17.1 Å². The number of esters is 1. The van der Waals surface area contributed by atoms with Crippen LogP contribution >= 0.6 is 11.8 Å². The molecule has 0 spiro atoms. The summed E-state index contributed by atoms with van der Waals surface area (Å²) < 4.78 is 53.9. The van der Waals surface area contributed by atoms with E-state index in [4.69, 9.17) is 14.2 Å². The van der Waals surface area contributed by atoms with Crippen molar-refractivity contribution >= 4 is 35.0 Å². The molecule has 3 aromatic carbocycles. The van der Waals surface area contributed by atoms with E-state index in [0.29, 0.717) is 28.4 Å². The first-order chi connectivity index (χ1) is 20.8. The standard InChI is InChI=1S/C28H26F3N3O9S/c1-4-43-26(35)21(32-27(36)28(29,30)31)12-17-13-22(33(37)38)25(23(14-17)34(39)40)44-20-9-10-24(42-3)18(15-20)11-16-5-7-19(41-2)8-6-16/h5-10,13-15,21H,4,11-12H2,1-3H3,(H,32,36)/t21-/m0/s1. The lowest BCUT2D eigenvalue weighted by Gasteiger charge is -2.18. The van der Waals surface area contributed by atoms with Crippen molar-refractivity contribution in [1.29, 1.82) is 0 Å². The molecule has 1 N–H and O–H groups in total. The predicted molar refractivity (Wildman–Crippen MR) is 151 cm³/mol. The number of nitrogens with zero attached hydrogens (tertiary/aromatic N) is 2. The Kier molecular flexibility index (Phi) is 11.1. The number of nitro groups is 2. The monoisotopic (exact) mass is 637 g/mol. The van der Waals surface area contributed by atoms with E-state index in [2.05, 4.69) is 0 Å². The van der Waals surface area contributed by atoms with Crippen molar-refractivity contribution < 1.29 is 46.8 Å². The summed E-state index contributed by atoms with van der Waals surface area (Å²) in [7, 11) is 3.00. The molecule has 3 rings (SSSR count). The molecule has 16 heteroatoms. The van der Waals surface area contributed by atoms with Gasteiger partial charge in [0.15, 0.2) is 4.90 Å². The van der Waals surface area contributed by atoms with E-state index in [1.165, 1.54) is 26.5 Å². The molecule has 0 aliphatic rings. The summed E-state index contributed by atoms with van der Waals surface area (Å²) in [6.07, 6.45) is -5.70. The van der Waals surface area contributed by atoms with E-state index in [9.17, 15) is 43.0 Å². The summed E-state index contributed by atoms with van der Waals surface area (Å²) in [6.45, 7) is 1.14. The van der Waals surface area contributed by atoms with Gasteiger partial charge in [-0.05, 0) is 53.9 Å². The Labute approximate surface area is 252 Å². The fourth-order valence-corrected chi connectivity index (χ4v) is 5.15. The largest absolute Gasteiger partial charge is 0.497 e. The van der Waals surface area contributed by atoms with E-state index < -0.39 is 51.7 Å². The first-order valence-electron chi connectivity index (χ1n) is 12.7. The second-order valence-corrected chi connectivity index (χ2v) is 10.1.